The summed E-state index contributed by atoms with van der Waals surface area (Å²) in [5, 5.41) is 8.61. The highest BCUT2D eigenvalue weighted by Crippen LogP contribution is 2.24. The molecule has 3 nitrogen and oxygen atoms in total. The van der Waals surface area contributed by atoms with Crippen molar-refractivity contribution in [1.29, 1.82) is 0 Å². The number of benzene rings is 1. The van der Waals surface area contributed by atoms with E-state index in [9.17, 15) is 4.79 Å². The van der Waals surface area contributed by atoms with E-state index in [2.05, 4.69) is 17.9 Å². The highest BCUT2D eigenvalue weighted by Gasteiger charge is 2.12. The Bertz CT molecular complexity index is 465. The van der Waals surface area contributed by atoms with Gasteiger partial charge in [-0.3, -0.25) is 0 Å². The SMILES string of the molecule is Cc1cc(/C=C/C(=O)O)ccc1N1CCSCC1. The molecule has 0 atom stereocenters. The van der Waals surface area contributed by atoms with Gasteiger partial charge in [0.2, 0.25) is 0 Å². The fraction of sp³-hybridized carbons (Fsp3) is 0.357. The van der Waals surface area contributed by atoms with E-state index in [0.717, 1.165) is 18.7 Å². The van der Waals surface area contributed by atoms with E-state index in [1.807, 2.05) is 23.9 Å². The van der Waals surface area contributed by atoms with E-state index < -0.39 is 5.97 Å². The smallest absolute Gasteiger partial charge is 0.328 e. The Morgan fingerprint density at radius 2 is 2.11 bits per heavy atom. The maximum Gasteiger partial charge on any atom is 0.328 e. The molecule has 1 aromatic carbocycles. The van der Waals surface area contributed by atoms with Gasteiger partial charge in [-0.1, -0.05) is 6.07 Å². The lowest BCUT2D eigenvalue weighted by molar-refractivity contribution is -0.131. The summed E-state index contributed by atoms with van der Waals surface area (Å²) >= 11 is 2.00. The first kappa shape index (κ1) is 13.0. The summed E-state index contributed by atoms with van der Waals surface area (Å²) in [5.41, 5.74) is 3.40. The molecule has 0 radical (unpaired) electrons. The summed E-state index contributed by atoms with van der Waals surface area (Å²) in [4.78, 5) is 12.9. The molecule has 1 aromatic rings. The van der Waals surface area contributed by atoms with Gasteiger partial charge in [-0.15, -0.1) is 0 Å². The van der Waals surface area contributed by atoms with Gasteiger partial charge in [-0.25, -0.2) is 4.79 Å². The van der Waals surface area contributed by atoms with Crippen LogP contribution in [0.4, 0.5) is 5.69 Å². The van der Waals surface area contributed by atoms with E-state index >= 15 is 0 Å². The summed E-state index contributed by atoms with van der Waals surface area (Å²) in [7, 11) is 0. The third-order valence-electron chi connectivity index (χ3n) is 2.99. The van der Waals surface area contributed by atoms with Gasteiger partial charge in [-0.2, -0.15) is 11.8 Å². The van der Waals surface area contributed by atoms with Crippen molar-refractivity contribution >= 4 is 29.5 Å². The zero-order valence-electron chi connectivity index (χ0n) is 10.4. The molecule has 0 unspecified atom stereocenters. The monoisotopic (exact) mass is 263 g/mol. The van der Waals surface area contributed by atoms with Gasteiger partial charge in [0.15, 0.2) is 0 Å². The Hall–Kier alpha value is -1.42. The van der Waals surface area contributed by atoms with Crippen molar-refractivity contribution in [2.24, 2.45) is 0 Å². The number of aryl methyl sites for hydroxylation is 1. The third kappa shape index (κ3) is 3.29. The Morgan fingerprint density at radius 1 is 1.39 bits per heavy atom. The van der Waals surface area contributed by atoms with Crippen molar-refractivity contribution in [2.45, 2.75) is 6.92 Å². The van der Waals surface area contributed by atoms with Crippen LogP contribution in [0.3, 0.4) is 0 Å². The molecule has 18 heavy (non-hydrogen) atoms. The minimum Gasteiger partial charge on any atom is -0.478 e. The fourth-order valence-electron chi connectivity index (χ4n) is 2.11. The summed E-state index contributed by atoms with van der Waals surface area (Å²) in [6.45, 7) is 4.26. The number of carboxylic acid groups (broad SMARTS) is 1. The van der Waals surface area contributed by atoms with Crippen molar-refractivity contribution in [3.8, 4) is 0 Å². The normalized spacial score (nSPS) is 16.2. The first-order valence-electron chi connectivity index (χ1n) is 6.01. The van der Waals surface area contributed by atoms with E-state index in [4.69, 9.17) is 5.11 Å². The molecule has 2 rings (SSSR count). The van der Waals surface area contributed by atoms with Crippen LogP contribution in [0.25, 0.3) is 6.08 Å². The molecule has 0 aromatic heterocycles. The standard InChI is InChI=1S/C14H17NO2S/c1-11-10-12(3-5-14(16)17)2-4-13(11)15-6-8-18-9-7-15/h2-5,10H,6-9H2,1H3,(H,16,17)/b5-3+. The second-order valence-corrected chi connectivity index (χ2v) is 5.54. The van der Waals surface area contributed by atoms with E-state index in [1.54, 1.807) is 6.08 Å². The molecule has 1 N–H and O–H groups in total. The molecule has 0 aliphatic carbocycles. The molecule has 1 aliphatic rings. The Kier molecular flexibility index (Phi) is 4.31. The van der Waals surface area contributed by atoms with Crippen molar-refractivity contribution in [2.75, 3.05) is 29.5 Å². The van der Waals surface area contributed by atoms with E-state index in [-0.39, 0.29) is 0 Å². The second kappa shape index (κ2) is 5.96. The molecule has 1 aliphatic heterocycles. The molecule has 0 spiro atoms. The quantitative estimate of drug-likeness (QED) is 0.851. The number of hydrogen-bond acceptors (Lipinski definition) is 3. The molecule has 0 amide bonds. The number of carbonyl (C=O) groups is 1. The number of thioether (sulfide) groups is 1. The maximum atomic E-state index is 10.5. The number of aliphatic carboxylic acids is 1. The zero-order valence-corrected chi connectivity index (χ0v) is 11.2. The predicted octanol–water partition coefficient (Wildman–Crippen LogP) is 2.65. The van der Waals surface area contributed by atoms with Crippen LogP contribution >= 0.6 is 11.8 Å². The van der Waals surface area contributed by atoms with Gasteiger partial charge in [0, 0.05) is 36.4 Å². The number of nitrogens with zero attached hydrogens (tertiary/aromatic N) is 1. The molecule has 1 saturated heterocycles. The van der Waals surface area contributed by atoms with Gasteiger partial charge in [0.25, 0.3) is 0 Å². The summed E-state index contributed by atoms with van der Waals surface area (Å²) in [6.07, 6.45) is 2.80. The maximum absolute atomic E-state index is 10.5. The van der Waals surface area contributed by atoms with Crippen molar-refractivity contribution < 1.29 is 9.90 Å². The average molecular weight is 263 g/mol. The fourth-order valence-corrected chi connectivity index (χ4v) is 3.01. The van der Waals surface area contributed by atoms with Crippen LogP contribution in [0.1, 0.15) is 11.1 Å². The van der Waals surface area contributed by atoms with Crippen LogP contribution in [-0.2, 0) is 4.79 Å². The van der Waals surface area contributed by atoms with Gasteiger partial charge >= 0.3 is 5.97 Å². The Labute approximate surface area is 111 Å². The van der Waals surface area contributed by atoms with Crippen LogP contribution in [0.15, 0.2) is 24.3 Å². The first-order valence-corrected chi connectivity index (χ1v) is 7.16. The molecule has 0 saturated carbocycles. The Morgan fingerprint density at radius 3 is 2.72 bits per heavy atom. The minimum absolute atomic E-state index is 0.912. The molecule has 1 heterocycles. The van der Waals surface area contributed by atoms with E-state index in [1.165, 1.54) is 28.8 Å². The third-order valence-corrected chi connectivity index (χ3v) is 3.93. The van der Waals surface area contributed by atoms with Crippen molar-refractivity contribution in [1.82, 2.24) is 0 Å². The summed E-state index contributed by atoms with van der Waals surface area (Å²) in [6, 6.07) is 6.10. The molecular weight excluding hydrogens is 246 g/mol. The number of carboxylic acids is 1. The highest BCUT2D eigenvalue weighted by atomic mass is 32.2. The van der Waals surface area contributed by atoms with Crippen LogP contribution in [0, 0.1) is 6.92 Å². The minimum atomic E-state index is -0.912. The summed E-state index contributed by atoms with van der Waals surface area (Å²) in [5.74, 6) is 1.45. The van der Waals surface area contributed by atoms with Crippen LogP contribution in [0.2, 0.25) is 0 Å². The van der Waals surface area contributed by atoms with Crippen LogP contribution < -0.4 is 4.90 Å². The zero-order chi connectivity index (χ0) is 13.0. The number of anilines is 1. The topological polar surface area (TPSA) is 40.5 Å². The molecule has 4 heteroatoms. The number of hydrogen-bond donors (Lipinski definition) is 1. The molecule has 1 fully saturated rings. The second-order valence-electron chi connectivity index (χ2n) is 4.32. The lowest BCUT2D eigenvalue weighted by Gasteiger charge is -2.30. The van der Waals surface area contributed by atoms with Gasteiger partial charge in [0.1, 0.15) is 0 Å². The van der Waals surface area contributed by atoms with E-state index in [0.29, 0.717) is 0 Å². The Balaban J connectivity index is 2.16. The largest absolute Gasteiger partial charge is 0.478 e. The lowest BCUT2D eigenvalue weighted by Crippen LogP contribution is -2.32. The predicted molar refractivity (Wildman–Crippen MR) is 77.4 cm³/mol. The van der Waals surface area contributed by atoms with Gasteiger partial charge in [-0.05, 0) is 36.3 Å². The van der Waals surface area contributed by atoms with Gasteiger partial charge in [0.05, 0.1) is 0 Å². The highest BCUT2D eigenvalue weighted by molar-refractivity contribution is 7.99. The lowest BCUT2D eigenvalue weighted by atomic mass is 10.1. The summed E-state index contributed by atoms with van der Waals surface area (Å²) < 4.78 is 0. The first-order chi connectivity index (χ1) is 8.66. The van der Waals surface area contributed by atoms with Crippen molar-refractivity contribution in [3.05, 3.63) is 35.4 Å². The van der Waals surface area contributed by atoms with Gasteiger partial charge < -0.3 is 10.0 Å². The molecule has 0 bridgehead atoms. The number of rotatable bonds is 3. The molecular formula is C14H17NO2S. The average Bonchev–Trinajstić information content (AvgIpc) is 2.37. The molecule has 96 valence electrons. The van der Waals surface area contributed by atoms with Crippen LogP contribution in [-0.4, -0.2) is 35.7 Å². The van der Waals surface area contributed by atoms with Crippen LogP contribution in [0.5, 0.6) is 0 Å². The van der Waals surface area contributed by atoms with Crippen molar-refractivity contribution in [3.63, 3.8) is 0 Å².